The van der Waals surface area contributed by atoms with Crippen LogP contribution in [0.2, 0.25) is 5.02 Å². The second-order valence-electron chi connectivity index (χ2n) is 9.73. The number of amides is 2. The summed E-state index contributed by atoms with van der Waals surface area (Å²) in [7, 11) is -3.61. The highest BCUT2D eigenvalue weighted by atomic mass is 35.5. The third-order valence-electron chi connectivity index (χ3n) is 5.40. The average Bonchev–Trinajstić information content (AvgIpc) is 2.75. The van der Waals surface area contributed by atoms with Crippen molar-refractivity contribution in [1.29, 1.82) is 0 Å². The lowest BCUT2D eigenvalue weighted by Crippen LogP contribution is -2.53. The minimum atomic E-state index is -3.61. The summed E-state index contributed by atoms with van der Waals surface area (Å²) in [6.07, 6.45) is 1.73. The van der Waals surface area contributed by atoms with Gasteiger partial charge in [-0.2, -0.15) is 0 Å². The van der Waals surface area contributed by atoms with Gasteiger partial charge in [-0.25, -0.2) is 12.8 Å². The molecule has 0 aliphatic heterocycles. The quantitative estimate of drug-likeness (QED) is 0.446. The number of nitrogens with zero attached hydrogens (tertiary/aromatic N) is 2. The first kappa shape index (κ1) is 29.6. The highest BCUT2D eigenvalue weighted by Crippen LogP contribution is 2.23. The molecule has 0 bridgehead atoms. The first-order chi connectivity index (χ1) is 16.7. The van der Waals surface area contributed by atoms with E-state index in [0.717, 1.165) is 6.26 Å². The maximum absolute atomic E-state index is 13.4. The highest BCUT2D eigenvalue weighted by Gasteiger charge is 2.30. The van der Waals surface area contributed by atoms with E-state index in [-0.39, 0.29) is 37.7 Å². The topological polar surface area (TPSA) is 86.8 Å². The Balaban J connectivity index is 2.23. The monoisotopic (exact) mass is 539 g/mol. The molecular weight excluding hydrogens is 505 g/mol. The second kappa shape index (κ2) is 12.5. The number of nitrogens with one attached hydrogen (secondary N) is 1. The van der Waals surface area contributed by atoms with Gasteiger partial charge in [0.15, 0.2) is 0 Å². The smallest absolute Gasteiger partial charge is 0.243 e. The van der Waals surface area contributed by atoms with Crippen LogP contribution >= 0.6 is 11.6 Å². The van der Waals surface area contributed by atoms with Crippen molar-refractivity contribution in [2.45, 2.75) is 65.1 Å². The number of hydrogen-bond acceptors (Lipinski definition) is 4. The summed E-state index contributed by atoms with van der Waals surface area (Å²) in [5.41, 5.74) is 0.613. The van der Waals surface area contributed by atoms with Gasteiger partial charge in [0.25, 0.3) is 0 Å². The predicted octanol–water partition coefficient (Wildman–Crippen LogP) is 4.75. The summed E-state index contributed by atoms with van der Waals surface area (Å²) < 4.78 is 39.4. The minimum Gasteiger partial charge on any atom is -0.350 e. The zero-order chi connectivity index (χ0) is 27.1. The van der Waals surface area contributed by atoms with Gasteiger partial charge in [-0.15, -0.1) is 0 Å². The molecule has 0 fully saturated rings. The molecule has 0 radical (unpaired) electrons. The van der Waals surface area contributed by atoms with E-state index in [0.29, 0.717) is 22.7 Å². The lowest BCUT2D eigenvalue weighted by Gasteiger charge is -2.33. The molecule has 2 amide bonds. The zero-order valence-electron chi connectivity index (χ0n) is 21.4. The van der Waals surface area contributed by atoms with Crippen molar-refractivity contribution in [2.75, 3.05) is 17.1 Å². The Labute approximate surface area is 218 Å². The molecule has 2 aromatic rings. The van der Waals surface area contributed by atoms with E-state index in [1.807, 2.05) is 27.7 Å². The SMILES string of the molecule is CCC(C(=O)NC(C)(C)C)N(Cc1ccc(F)cc1)C(=O)CCCN(c1cccc(Cl)c1)S(C)(=O)=O. The van der Waals surface area contributed by atoms with Crippen molar-refractivity contribution in [1.82, 2.24) is 10.2 Å². The Hall–Kier alpha value is -2.65. The Bertz CT molecular complexity index is 1150. The molecule has 0 aliphatic rings. The number of rotatable bonds is 11. The van der Waals surface area contributed by atoms with Gasteiger partial charge in [-0.05, 0) is 69.5 Å². The maximum Gasteiger partial charge on any atom is 0.243 e. The van der Waals surface area contributed by atoms with Crippen LogP contribution in [0.1, 0.15) is 52.5 Å². The lowest BCUT2D eigenvalue weighted by molar-refractivity contribution is -0.142. The van der Waals surface area contributed by atoms with Crippen molar-refractivity contribution in [3.63, 3.8) is 0 Å². The molecule has 0 saturated carbocycles. The molecule has 198 valence electrons. The minimum absolute atomic E-state index is 0.0209. The highest BCUT2D eigenvalue weighted by molar-refractivity contribution is 7.92. The zero-order valence-corrected chi connectivity index (χ0v) is 23.0. The van der Waals surface area contributed by atoms with E-state index in [1.54, 1.807) is 36.4 Å². The Kier molecular flexibility index (Phi) is 10.3. The molecule has 10 heteroatoms. The maximum atomic E-state index is 13.4. The fourth-order valence-electron chi connectivity index (χ4n) is 3.79. The average molecular weight is 540 g/mol. The predicted molar refractivity (Wildman–Crippen MR) is 142 cm³/mol. The van der Waals surface area contributed by atoms with Crippen molar-refractivity contribution in [3.8, 4) is 0 Å². The molecular formula is C26H35ClFN3O4S. The molecule has 0 saturated heterocycles. The van der Waals surface area contributed by atoms with Crippen molar-refractivity contribution in [2.24, 2.45) is 0 Å². The molecule has 1 unspecified atom stereocenters. The van der Waals surface area contributed by atoms with E-state index in [2.05, 4.69) is 5.32 Å². The summed E-state index contributed by atoms with van der Waals surface area (Å²) in [5, 5.41) is 3.33. The van der Waals surface area contributed by atoms with Crippen LogP contribution in [0.25, 0.3) is 0 Å². The normalized spacial score (nSPS) is 12.6. The summed E-state index contributed by atoms with van der Waals surface area (Å²) in [6.45, 7) is 7.60. The molecule has 2 aromatic carbocycles. The van der Waals surface area contributed by atoms with Gasteiger partial charge >= 0.3 is 0 Å². The molecule has 1 N–H and O–H groups in total. The van der Waals surface area contributed by atoms with E-state index >= 15 is 0 Å². The largest absolute Gasteiger partial charge is 0.350 e. The van der Waals surface area contributed by atoms with Gasteiger partial charge in [-0.3, -0.25) is 13.9 Å². The van der Waals surface area contributed by atoms with Crippen LogP contribution in [0.5, 0.6) is 0 Å². The number of carbonyl (C=O) groups excluding carboxylic acids is 2. The fourth-order valence-corrected chi connectivity index (χ4v) is 4.94. The van der Waals surface area contributed by atoms with Gasteiger partial charge in [0.2, 0.25) is 21.8 Å². The molecule has 0 aromatic heterocycles. The molecule has 7 nitrogen and oxygen atoms in total. The molecule has 36 heavy (non-hydrogen) atoms. The molecule has 1 atom stereocenters. The third-order valence-corrected chi connectivity index (χ3v) is 6.83. The van der Waals surface area contributed by atoms with E-state index in [1.165, 1.54) is 21.3 Å². The number of benzene rings is 2. The second-order valence-corrected chi connectivity index (χ2v) is 12.1. The van der Waals surface area contributed by atoms with Crippen LogP contribution in [0, 0.1) is 5.82 Å². The first-order valence-corrected chi connectivity index (χ1v) is 14.0. The Morgan fingerprint density at radius 3 is 2.28 bits per heavy atom. The van der Waals surface area contributed by atoms with Crippen molar-refractivity contribution >= 4 is 39.1 Å². The van der Waals surface area contributed by atoms with Gasteiger partial charge < -0.3 is 10.2 Å². The summed E-state index contributed by atoms with van der Waals surface area (Å²) in [4.78, 5) is 27.9. The standard InChI is InChI=1S/C26H35ClFN3O4S/c1-6-23(25(33)29-26(2,3)4)30(18-19-12-14-21(28)15-13-19)24(32)11-8-16-31(36(5,34)35)22-10-7-9-20(27)17-22/h7,9-10,12-15,17,23H,6,8,11,16,18H2,1-5H3,(H,29,33). The van der Waals surface area contributed by atoms with Gasteiger partial charge in [0.1, 0.15) is 11.9 Å². The van der Waals surface area contributed by atoms with Crippen LogP contribution in [-0.2, 0) is 26.2 Å². The van der Waals surface area contributed by atoms with E-state index in [9.17, 15) is 22.4 Å². The number of carbonyl (C=O) groups is 2. The summed E-state index contributed by atoms with van der Waals surface area (Å²) >= 11 is 6.03. The van der Waals surface area contributed by atoms with Gasteiger partial charge in [0.05, 0.1) is 11.9 Å². The van der Waals surface area contributed by atoms with Crippen LogP contribution < -0.4 is 9.62 Å². The number of hydrogen-bond donors (Lipinski definition) is 1. The summed E-state index contributed by atoms with van der Waals surface area (Å²) in [5.74, 6) is -0.969. The van der Waals surface area contributed by atoms with Crippen LogP contribution in [0.15, 0.2) is 48.5 Å². The van der Waals surface area contributed by atoms with Gasteiger partial charge in [-0.1, -0.05) is 36.7 Å². The molecule has 2 rings (SSSR count). The fraction of sp³-hybridized carbons (Fsp3) is 0.462. The van der Waals surface area contributed by atoms with Crippen LogP contribution in [0.4, 0.5) is 10.1 Å². The van der Waals surface area contributed by atoms with Gasteiger partial charge in [0, 0.05) is 30.1 Å². The number of sulfonamides is 1. The van der Waals surface area contributed by atoms with Crippen LogP contribution in [0.3, 0.4) is 0 Å². The number of anilines is 1. The van der Waals surface area contributed by atoms with E-state index < -0.39 is 27.4 Å². The van der Waals surface area contributed by atoms with Crippen molar-refractivity contribution in [3.05, 3.63) is 64.9 Å². The molecule has 0 heterocycles. The molecule has 0 aliphatic carbocycles. The van der Waals surface area contributed by atoms with E-state index in [4.69, 9.17) is 11.6 Å². The Morgan fingerprint density at radius 1 is 1.11 bits per heavy atom. The molecule has 0 spiro atoms. The lowest BCUT2D eigenvalue weighted by atomic mass is 10.0. The summed E-state index contributed by atoms with van der Waals surface area (Å²) in [6, 6.07) is 11.5. The van der Waals surface area contributed by atoms with Crippen LogP contribution in [-0.4, -0.2) is 49.5 Å². The Morgan fingerprint density at radius 2 is 1.75 bits per heavy atom. The first-order valence-electron chi connectivity index (χ1n) is 11.8. The number of halogens is 2. The van der Waals surface area contributed by atoms with Crippen molar-refractivity contribution < 1.29 is 22.4 Å². The third kappa shape index (κ3) is 9.09.